The van der Waals surface area contributed by atoms with Crippen molar-refractivity contribution in [2.75, 3.05) is 31.1 Å². The molecule has 4 rings (SSSR count). The first-order valence-corrected chi connectivity index (χ1v) is 11.0. The summed E-state index contributed by atoms with van der Waals surface area (Å²) in [5.41, 5.74) is -1.58. The van der Waals surface area contributed by atoms with Gasteiger partial charge in [-0.2, -0.15) is 26.3 Å². The molecule has 1 aliphatic heterocycles. The molecule has 176 valence electrons. The van der Waals surface area contributed by atoms with Crippen molar-refractivity contribution in [3.63, 3.8) is 0 Å². The van der Waals surface area contributed by atoms with Crippen LogP contribution in [0.15, 0.2) is 36.4 Å². The average Bonchev–Trinajstić information content (AvgIpc) is 3.20. The number of halogens is 6. The van der Waals surface area contributed by atoms with Gasteiger partial charge in [-0.05, 0) is 42.3 Å². The predicted molar refractivity (Wildman–Crippen MR) is 114 cm³/mol. The van der Waals surface area contributed by atoms with Crippen LogP contribution in [0.1, 0.15) is 34.0 Å². The van der Waals surface area contributed by atoms with E-state index in [1.54, 1.807) is 0 Å². The minimum atomic E-state index is -5.00. The van der Waals surface area contributed by atoms with E-state index in [1.807, 2.05) is 17.0 Å². The maximum Gasteiger partial charge on any atom is 0.416 e. The molecule has 1 amide bonds. The third-order valence-corrected chi connectivity index (χ3v) is 6.60. The Labute approximate surface area is 189 Å². The van der Waals surface area contributed by atoms with Gasteiger partial charge in [-0.1, -0.05) is 24.3 Å². The number of hydrogen-bond acceptors (Lipinski definition) is 4. The number of aromatic nitrogens is 1. The van der Waals surface area contributed by atoms with Crippen LogP contribution in [0.2, 0.25) is 0 Å². The molecule has 0 radical (unpaired) electrons. The monoisotopic (exact) mass is 487 g/mol. The van der Waals surface area contributed by atoms with Crippen LogP contribution in [-0.2, 0) is 18.8 Å². The molecule has 0 bridgehead atoms. The van der Waals surface area contributed by atoms with Gasteiger partial charge in [0.05, 0.1) is 21.3 Å². The van der Waals surface area contributed by atoms with Crippen LogP contribution in [0.4, 0.5) is 31.5 Å². The summed E-state index contributed by atoms with van der Waals surface area (Å²) in [5, 5.41) is 0.767. The van der Waals surface area contributed by atoms with E-state index in [2.05, 4.69) is 18.0 Å². The molecule has 0 atom stereocenters. The van der Waals surface area contributed by atoms with Gasteiger partial charge in [0.1, 0.15) is 0 Å². The zero-order valence-corrected chi connectivity index (χ0v) is 18.2. The Balaban J connectivity index is 1.51. The molecule has 4 nitrogen and oxygen atoms in total. The molecule has 33 heavy (non-hydrogen) atoms. The second kappa shape index (κ2) is 8.51. The number of piperazine rings is 1. The number of benzene rings is 2. The van der Waals surface area contributed by atoms with Gasteiger partial charge in [-0.15, -0.1) is 0 Å². The molecular formula is C22H19F6N3OS. The van der Waals surface area contributed by atoms with Crippen LogP contribution in [0.5, 0.6) is 0 Å². The van der Waals surface area contributed by atoms with Crippen molar-refractivity contribution >= 4 is 32.6 Å². The minimum Gasteiger partial charge on any atom is -0.345 e. The van der Waals surface area contributed by atoms with Gasteiger partial charge in [0.2, 0.25) is 0 Å². The number of nitrogens with zero attached hydrogens (tertiary/aromatic N) is 3. The Kier molecular flexibility index (Phi) is 6.02. The predicted octanol–water partition coefficient (Wildman–Crippen LogP) is 5.86. The van der Waals surface area contributed by atoms with E-state index in [1.165, 1.54) is 21.8 Å². The third-order valence-electron chi connectivity index (χ3n) is 5.52. The van der Waals surface area contributed by atoms with Crippen molar-refractivity contribution in [2.24, 2.45) is 0 Å². The lowest BCUT2D eigenvalue weighted by Crippen LogP contribution is -2.48. The zero-order chi connectivity index (χ0) is 24.0. The molecule has 0 spiro atoms. The molecule has 0 saturated carbocycles. The number of fused-ring (bicyclic) bond motifs is 1. The second-order valence-corrected chi connectivity index (χ2v) is 8.73. The second-order valence-electron chi connectivity index (χ2n) is 7.73. The standard InChI is InChI=1S/C22H19F6N3OS/c1-2-13-3-4-17-18(9-13)33-20(29-17)31-7-5-30(6-8-31)19(32)14-10-15(21(23,24)25)12-16(11-14)22(26,27)28/h3-4,9-12H,2,5-8H2,1H3. The van der Waals surface area contributed by atoms with Crippen molar-refractivity contribution in [1.82, 2.24) is 9.88 Å². The van der Waals surface area contributed by atoms with Gasteiger partial charge in [0, 0.05) is 31.7 Å². The van der Waals surface area contributed by atoms with E-state index >= 15 is 0 Å². The highest BCUT2D eigenvalue weighted by Gasteiger charge is 2.38. The maximum atomic E-state index is 13.1. The summed E-state index contributed by atoms with van der Waals surface area (Å²) in [6.45, 7) is 3.12. The number of amides is 1. The maximum absolute atomic E-state index is 13.1. The molecule has 2 heterocycles. The van der Waals surface area contributed by atoms with Crippen molar-refractivity contribution in [1.29, 1.82) is 0 Å². The fraction of sp³-hybridized carbons (Fsp3) is 0.364. The SMILES string of the molecule is CCc1ccc2nc(N3CCN(C(=O)c4cc(C(F)(F)F)cc(C(F)(F)F)c4)CC3)sc2c1. The fourth-order valence-corrected chi connectivity index (χ4v) is 4.75. The number of hydrogen-bond donors (Lipinski definition) is 0. The number of alkyl halides is 6. The zero-order valence-electron chi connectivity index (χ0n) is 17.4. The molecule has 11 heteroatoms. The Bertz CT molecular complexity index is 1150. The summed E-state index contributed by atoms with van der Waals surface area (Å²) in [7, 11) is 0. The number of carbonyl (C=O) groups excluding carboxylic acids is 1. The Morgan fingerprint density at radius 3 is 2.09 bits per heavy atom. The summed E-state index contributed by atoms with van der Waals surface area (Å²) < 4.78 is 79.7. The van der Waals surface area contributed by atoms with Crippen molar-refractivity contribution in [2.45, 2.75) is 25.7 Å². The van der Waals surface area contributed by atoms with Crippen molar-refractivity contribution in [3.8, 4) is 0 Å². The number of carbonyl (C=O) groups is 1. The first-order valence-electron chi connectivity index (χ1n) is 10.2. The minimum absolute atomic E-state index is 0.0196. The summed E-state index contributed by atoms with van der Waals surface area (Å²) in [6, 6.07) is 6.99. The molecule has 1 saturated heterocycles. The Morgan fingerprint density at radius 1 is 0.939 bits per heavy atom. The summed E-state index contributed by atoms with van der Waals surface area (Å²) in [5.74, 6) is -0.858. The van der Waals surface area contributed by atoms with E-state index in [-0.39, 0.29) is 19.2 Å². The van der Waals surface area contributed by atoms with Crippen LogP contribution < -0.4 is 4.90 Å². The van der Waals surface area contributed by atoms with E-state index < -0.39 is 35.0 Å². The van der Waals surface area contributed by atoms with E-state index in [0.717, 1.165) is 21.8 Å². The first-order chi connectivity index (χ1) is 15.5. The van der Waals surface area contributed by atoms with Gasteiger partial charge in [0.15, 0.2) is 5.13 Å². The highest BCUT2D eigenvalue weighted by atomic mass is 32.1. The van der Waals surface area contributed by atoms with Gasteiger partial charge < -0.3 is 9.80 Å². The number of rotatable bonds is 3. The Hall–Kier alpha value is -2.82. The molecule has 1 fully saturated rings. The molecule has 2 aromatic carbocycles. The van der Waals surface area contributed by atoms with E-state index in [9.17, 15) is 31.1 Å². The van der Waals surface area contributed by atoms with Gasteiger partial charge in [-0.25, -0.2) is 4.98 Å². The van der Waals surface area contributed by atoms with Crippen LogP contribution in [0.25, 0.3) is 10.2 Å². The largest absolute Gasteiger partial charge is 0.416 e. The average molecular weight is 487 g/mol. The van der Waals surface area contributed by atoms with Crippen LogP contribution in [-0.4, -0.2) is 42.0 Å². The topological polar surface area (TPSA) is 36.4 Å². The lowest BCUT2D eigenvalue weighted by Gasteiger charge is -2.34. The van der Waals surface area contributed by atoms with Gasteiger partial charge >= 0.3 is 12.4 Å². The van der Waals surface area contributed by atoms with Crippen LogP contribution in [0, 0.1) is 0 Å². The lowest BCUT2D eigenvalue weighted by atomic mass is 10.0. The molecule has 1 aromatic heterocycles. The molecular weight excluding hydrogens is 468 g/mol. The summed E-state index contributed by atoms with van der Waals surface area (Å²) >= 11 is 1.51. The molecule has 3 aromatic rings. The van der Waals surface area contributed by atoms with E-state index in [0.29, 0.717) is 25.2 Å². The Morgan fingerprint density at radius 2 is 1.55 bits per heavy atom. The number of aryl methyl sites for hydroxylation is 1. The van der Waals surface area contributed by atoms with Crippen molar-refractivity contribution in [3.05, 3.63) is 58.7 Å². The molecule has 0 N–H and O–H groups in total. The van der Waals surface area contributed by atoms with Crippen LogP contribution >= 0.6 is 11.3 Å². The van der Waals surface area contributed by atoms with Gasteiger partial charge in [0.25, 0.3) is 5.91 Å². The number of thiazole rings is 1. The highest BCUT2D eigenvalue weighted by Crippen LogP contribution is 2.37. The smallest absolute Gasteiger partial charge is 0.345 e. The van der Waals surface area contributed by atoms with Crippen molar-refractivity contribution < 1.29 is 31.1 Å². The van der Waals surface area contributed by atoms with E-state index in [4.69, 9.17) is 0 Å². The summed E-state index contributed by atoms with van der Waals surface area (Å²) in [6.07, 6.45) is -9.10. The first kappa shape index (κ1) is 23.3. The number of anilines is 1. The van der Waals surface area contributed by atoms with Crippen LogP contribution in [0.3, 0.4) is 0 Å². The van der Waals surface area contributed by atoms with Gasteiger partial charge in [-0.3, -0.25) is 4.79 Å². The molecule has 0 unspecified atom stereocenters. The molecule has 0 aliphatic carbocycles. The normalized spacial score (nSPS) is 15.4. The lowest BCUT2D eigenvalue weighted by molar-refractivity contribution is -0.143. The quantitative estimate of drug-likeness (QED) is 0.435. The fourth-order valence-electron chi connectivity index (χ4n) is 3.67. The highest BCUT2D eigenvalue weighted by molar-refractivity contribution is 7.22. The molecule has 1 aliphatic rings. The third kappa shape index (κ3) is 4.92. The summed E-state index contributed by atoms with van der Waals surface area (Å²) in [4.78, 5) is 20.6.